The molecule has 1 N–H and O–H groups in total. The van der Waals surface area contributed by atoms with Gasteiger partial charge in [-0.1, -0.05) is 0 Å². The molecule has 15 nitrogen and oxygen atoms in total. The van der Waals surface area contributed by atoms with Crippen molar-refractivity contribution >= 4 is 12.1 Å². The van der Waals surface area contributed by atoms with Gasteiger partial charge in [0, 0.05) is 6.54 Å². The summed E-state index contributed by atoms with van der Waals surface area (Å²) in [5.41, 5.74) is -0.513. The van der Waals surface area contributed by atoms with Crippen LogP contribution in [0.25, 0.3) is 0 Å². The second kappa shape index (κ2) is 31.8. The number of hydrogen-bond acceptors (Lipinski definition) is 14. The number of methoxy groups -OCH3 is 1. The Morgan fingerprint density at radius 1 is 0.465 bits per heavy atom. The second-order valence-corrected chi connectivity index (χ2v) is 9.57. The Balaban J connectivity index is 3.11. The molecule has 0 bridgehead atoms. The third-order valence-electron chi connectivity index (χ3n) is 4.71. The second-order valence-electron chi connectivity index (χ2n) is 9.57. The molecule has 0 unspecified atom stereocenters. The number of hydrogen-bond donors (Lipinski definition) is 1. The van der Waals surface area contributed by atoms with Crippen LogP contribution < -0.4 is 5.32 Å². The first-order valence-electron chi connectivity index (χ1n) is 14.7. The van der Waals surface area contributed by atoms with Gasteiger partial charge in [0.1, 0.15) is 12.2 Å². The lowest BCUT2D eigenvalue weighted by molar-refractivity contribution is -0.146. The summed E-state index contributed by atoms with van der Waals surface area (Å²) in [5.74, 6) is -0.411. The Bertz CT molecular complexity index is 621. The third kappa shape index (κ3) is 36.4. The summed E-state index contributed by atoms with van der Waals surface area (Å²) in [5, 5.41) is 2.62. The molecule has 0 spiro atoms. The van der Waals surface area contributed by atoms with Gasteiger partial charge >= 0.3 is 12.1 Å². The average Bonchev–Trinajstić information content (AvgIpc) is 2.96. The predicted molar refractivity (Wildman–Crippen MR) is 154 cm³/mol. The molecule has 0 saturated carbocycles. The summed E-state index contributed by atoms with van der Waals surface area (Å²) < 4.78 is 63.3. The van der Waals surface area contributed by atoms with Crippen molar-refractivity contribution in [1.29, 1.82) is 0 Å². The molecule has 0 aliphatic carbocycles. The third-order valence-corrected chi connectivity index (χ3v) is 4.71. The van der Waals surface area contributed by atoms with Crippen molar-refractivity contribution in [3.05, 3.63) is 0 Å². The molecule has 43 heavy (non-hydrogen) atoms. The fourth-order valence-corrected chi connectivity index (χ4v) is 2.73. The van der Waals surface area contributed by atoms with Crippen LogP contribution in [0.1, 0.15) is 20.8 Å². The highest BCUT2D eigenvalue weighted by Crippen LogP contribution is 2.06. The maximum absolute atomic E-state index is 11.5. The normalized spacial score (nSPS) is 11.5. The van der Waals surface area contributed by atoms with E-state index < -0.39 is 17.7 Å². The van der Waals surface area contributed by atoms with Crippen LogP contribution in [0.2, 0.25) is 0 Å². The quantitative estimate of drug-likeness (QED) is 0.0825. The van der Waals surface area contributed by atoms with Crippen LogP contribution >= 0.6 is 0 Å². The van der Waals surface area contributed by atoms with Crippen molar-refractivity contribution in [2.24, 2.45) is 0 Å². The van der Waals surface area contributed by atoms with Gasteiger partial charge in [-0.3, -0.25) is 0 Å². The van der Waals surface area contributed by atoms with Gasteiger partial charge in [0.15, 0.2) is 0 Å². The SMILES string of the molecule is COC(=O)COCCOCCOCCOCCOCCOCCOCCOCCOCCOCCNC(=O)OC(C)(C)C. The number of amides is 1. The van der Waals surface area contributed by atoms with E-state index in [1.54, 1.807) is 0 Å². The van der Waals surface area contributed by atoms with Crippen LogP contribution in [0.4, 0.5) is 4.79 Å². The van der Waals surface area contributed by atoms with Gasteiger partial charge in [0.05, 0.1) is 133 Å². The number of carbonyl (C=O) groups is 2. The molecule has 0 aromatic carbocycles. The van der Waals surface area contributed by atoms with E-state index in [-0.39, 0.29) is 6.61 Å². The average molecular weight is 630 g/mol. The van der Waals surface area contributed by atoms with E-state index in [0.717, 1.165) is 0 Å². The van der Waals surface area contributed by atoms with Gasteiger partial charge in [-0.15, -0.1) is 0 Å². The van der Waals surface area contributed by atoms with Crippen LogP contribution in [0.15, 0.2) is 0 Å². The maximum Gasteiger partial charge on any atom is 0.407 e. The molecule has 0 heterocycles. The number of esters is 1. The summed E-state index contributed by atoms with van der Waals surface area (Å²) in [6.45, 7) is 14.4. The fraction of sp³-hybridized carbons (Fsp3) is 0.929. The van der Waals surface area contributed by atoms with Gasteiger partial charge in [-0.05, 0) is 20.8 Å². The minimum atomic E-state index is -0.513. The molecular formula is C28H55NO14. The predicted octanol–water partition coefficient (Wildman–Crippen LogP) is 0.850. The molecule has 0 aliphatic rings. The van der Waals surface area contributed by atoms with Gasteiger partial charge in [-0.25, -0.2) is 9.59 Å². The van der Waals surface area contributed by atoms with E-state index in [1.165, 1.54) is 7.11 Å². The minimum Gasteiger partial charge on any atom is -0.467 e. The molecule has 0 aromatic heterocycles. The zero-order valence-electron chi connectivity index (χ0n) is 26.6. The molecule has 15 heteroatoms. The largest absolute Gasteiger partial charge is 0.467 e. The lowest BCUT2D eigenvalue weighted by atomic mass is 10.2. The minimum absolute atomic E-state index is 0.0738. The Morgan fingerprint density at radius 3 is 1.02 bits per heavy atom. The molecule has 0 fully saturated rings. The zero-order chi connectivity index (χ0) is 31.7. The first-order valence-corrected chi connectivity index (χ1v) is 14.7. The van der Waals surface area contributed by atoms with E-state index >= 15 is 0 Å². The van der Waals surface area contributed by atoms with Crippen molar-refractivity contribution < 1.29 is 66.4 Å². The van der Waals surface area contributed by atoms with Gasteiger partial charge < -0.3 is 62.2 Å². The van der Waals surface area contributed by atoms with Crippen molar-refractivity contribution in [3.63, 3.8) is 0 Å². The number of alkyl carbamates (subject to hydrolysis) is 1. The van der Waals surface area contributed by atoms with E-state index in [2.05, 4.69) is 10.1 Å². The van der Waals surface area contributed by atoms with Gasteiger partial charge in [0.25, 0.3) is 0 Å². The number of rotatable bonds is 32. The van der Waals surface area contributed by atoms with Crippen molar-refractivity contribution in [1.82, 2.24) is 5.32 Å². The summed E-state index contributed by atoms with van der Waals surface area (Å²) in [6, 6.07) is 0. The van der Waals surface area contributed by atoms with Crippen molar-refractivity contribution in [2.75, 3.05) is 146 Å². The van der Waals surface area contributed by atoms with Crippen LogP contribution in [-0.2, 0) is 61.6 Å². The van der Waals surface area contributed by atoms with Gasteiger partial charge in [0.2, 0.25) is 0 Å². The fourth-order valence-electron chi connectivity index (χ4n) is 2.73. The Labute approximate surface area is 256 Å². The summed E-state index contributed by atoms with van der Waals surface area (Å²) in [6.07, 6.45) is -0.456. The molecule has 1 amide bonds. The first kappa shape index (κ1) is 41.3. The lowest BCUT2D eigenvalue weighted by Gasteiger charge is -2.19. The van der Waals surface area contributed by atoms with E-state index in [4.69, 9.17) is 52.1 Å². The monoisotopic (exact) mass is 629 g/mol. The molecule has 0 atom stereocenters. The standard InChI is InChI=1S/C28H55NO14/c1-28(2,3)43-27(31)29-5-6-33-7-8-34-9-10-35-11-12-36-13-14-37-15-16-38-17-18-39-19-20-40-21-22-41-23-24-42-25-26(30)32-4/h5-25H2,1-4H3,(H,29,31). The Morgan fingerprint density at radius 2 is 0.744 bits per heavy atom. The molecule has 256 valence electrons. The van der Waals surface area contributed by atoms with Crippen LogP contribution in [0.5, 0.6) is 0 Å². The zero-order valence-corrected chi connectivity index (χ0v) is 26.6. The smallest absolute Gasteiger partial charge is 0.407 e. The van der Waals surface area contributed by atoms with Crippen molar-refractivity contribution in [3.8, 4) is 0 Å². The number of carbonyl (C=O) groups excluding carboxylic acids is 2. The maximum atomic E-state index is 11.5. The summed E-state index contributed by atoms with van der Waals surface area (Å²) in [7, 11) is 1.31. The van der Waals surface area contributed by atoms with E-state index in [9.17, 15) is 9.59 Å². The highest BCUT2D eigenvalue weighted by atomic mass is 16.6. The molecule has 0 radical (unpaired) electrons. The van der Waals surface area contributed by atoms with E-state index in [1.807, 2.05) is 20.8 Å². The molecule has 0 aromatic rings. The highest BCUT2D eigenvalue weighted by Gasteiger charge is 2.15. The Kier molecular flexibility index (Phi) is 30.5. The first-order chi connectivity index (χ1) is 20.8. The highest BCUT2D eigenvalue weighted by molar-refractivity contribution is 5.70. The number of nitrogens with one attached hydrogen (secondary N) is 1. The van der Waals surface area contributed by atoms with Gasteiger partial charge in [-0.2, -0.15) is 0 Å². The summed E-state index contributed by atoms with van der Waals surface area (Å²) >= 11 is 0. The van der Waals surface area contributed by atoms with Crippen LogP contribution in [-0.4, -0.2) is 163 Å². The summed E-state index contributed by atoms with van der Waals surface area (Å²) in [4.78, 5) is 22.3. The topological polar surface area (TPSA) is 157 Å². The lowest BCUT2D eigenvalue weighted by Crippen LogP contribution is -2.34. The Hall–Kier alpha value is -1.66. The van der Waals surface area contributed by atoms with E-state index in [0.29, 0.717) is 132 Å². The number of ether oxygens (including phenoxy) is 12. The van der Waals surface area contributed by atoms with Crippen LogP contribution in [0, 0.1) is 0 Å². The molecule has 0 aliphatic heterocycles. The van der Waals surface area contributed by atoms with Crippen LogP contribution in [0.3, 0.4) is 0 Å². The molecule has 0 rings (SSSR count). The van der Waals surface area contributed by atoms with Crippen molar-refractivity contribution in [2.45, 2.75) is 26.4 Å². The molecular weight excluding hydrogens is 574 g/mol. The molecule has 0 saturated heterocycles.